The molecule has 0 aliphatic carbocycles. The number of hydrogen-bond donors (Lipinski definition) is 1. The minimum absolute atomic E-state index is 0.185. The van der Waals surface area contributed by atoms with E-state index in [2.05, 4.69) is 10.3 Å². The predicted molar refractivity (Wildman–Crippen MR) is 71.3 cm³/mol. The molecule has 18 heavy (non-hydrogen) atoms. The number of aromatic nitrogens is 1. The van der Waals surface area contributed by atoms with Gasteiger partial charge in [0.2, 0.25) is 0 Å². The zero-order valence-corrected chi connectivity index (χ0v) is 10.6. The number of amides is 1. The van der Waals surface area contributed by atoms with Crippen molar-refractivity contribution < 1.29 is 9.21 Å². The van der Waals surface area contributed by atoms with Crippen LogP contribution in [0.25, 0.3) is 11.1 Å². The average molecular weight is 279 g/mol. The molecular formula is C12H7ClN2O2S. The molecule has 4 nitrogen and oxygen atoms in total. The van der Waals surface area contributed by atoms with E-state index >= 15 is 0 Å². The molecule has 0 aliphatic heterocycles. The molecule has 2 heterocycles. The third-order valence-electron chi connectivity index (χ3n) is 2.39. The average Bonchev–Trinajstić information content (AvgIpc) is 2.96. The Morgan fingerprint density at radius 1 is 1.33 bits per heavy atom. The molecule has 0 saturated heterocycles. The SMILES string of the molecule is O=C(Nc1ccc2ocnc2c1)c1ccc(Cl)s1. The second-order valence-electron chi connectivity index (χ2n) is 3.59. The van der Waals surface area contributed by atoms with Gasteiger partial charge in [0.1, 0.15) is 5.52 Å². The molecule has 0 unspecified atom stereocenters. The molecule has 0 aliphatic rings. The molecule has 0 atom stereocenters. The summed E-state index contributed by atoms with van der Waals surface area (Å²) < 4.78 is 5.72. The van der Waals surface area contributed by atoms with Crippen LogP contribution >= 0.6 is 22.9 Å². The zero-order valence-electron chi connectivity index (χ0n) is 9.01. The van der Waals surface area contributed by atoms with Crippen LogP contribution < -0.4 is 5.32 Å². The van der Waals surface area contributed by atoms with Crippen molar-refractivity contribution in [3.8, 4) is 0 Å². The van der Waals surface area contributed by atoms with Crippen molar-refractivity contribution in [2.24, 2.45) is 0 Å². The van der Waals surface area contributed by atoms with Gasteiger partial charge in [-0.3, -0.25) is 4.79 Å². The van der Waals surface area contributed by atoms with Gasteiger partial charge in [-0.25, -0.2) is 4.98 Å². The van der Waals surface area contributed by atoms with Gasteiger partial charge < -0.3 is 9.73 Å². The summed E-state index contributed by atoms with van der Waals surface area (Å²) in [6.07, 6.45) is 1.37. The van der Waals surface area contributed by atoms with Gasteiger partial charge in [-0.05, 0) is 30.3 Å². The smallest absolute Gasteiger partial charge is 0.265 e. The Kier molecular flexibility index (Phi) is 2.77. The van der Waals surface area contributed by atoms with E-state index in [0.29, 0.717) is 26.0 Å². The number of hydrogen-bond acceptors (Lipinski definition) is 4. The number of fused-ring (bicyclic) bond motifs is 1. The number of benzene rings is 1. The molecule has 0 spiro atoms. The van der Waals surface area contributed by atoms with E-state index in [4.69, 9.17) is 16.0 Å². The molecule has 1 aromatic carbocycles. The van der Waals surface area contributed by atoms with E-state index in [1.807, 2.05) is 0 Å². The standard InChI is InChI=1S/C12H7ClN2O2S/c13-11-4-3-10(18-11)12(16)15-7-1-2-9-8(5-7)14-6-17-9/h1-6H,(H,15,16). The summed E-state index contributed by atoms with van der Waals surface area (Å²) in [4.78, 5) is 16.5. The minimum Gasteiger partial charge on any atom is -0.443 e. The molecule has 0 saturated carbocycles. The van der Waals surface area contributed by atoms with Crippen LogP contribution in [-0.2, 0) is 0 Å². The van der Waals surface area contributed by atoms with Gasteiger partial charge in [0.15, 0.2) is 12.0 Å². The highest BCUT2D eigenvalue weighted by Crippen LogP contribution is 2.23. The maximum Gasteiger partial charge on any atom is 0.265 e. The first-order chi connectivity index (χ1) is 8.72. The second kappa shape index (κ2) is 4.44. The van der Waals surface area contributed by atoms with Gasteiger partial charge in [-0.1, -0.05) is 11.6 Å². The zero-order chi connectivity index (χ0) is 12.5. The van der Waals surface area contributed by atoms with E-state index in [9.17, 15) is 4.79 Å². The Morgan fingerprint density at radius 2 is 2.22 bits per heavy atom. The van der Waals surface area contributed by atoms with Crippen molar-refractivity contribution in [1.29, 1.82) is 0 Å². The van der Waals surface area contributed by atoms with E-state index < -0.39 is 0 Å². The highest BCUT2D eigenvalue weighted by molar-refractivity contribution is 7.18. The summed E-state index contributed by atoms with van der Waals surface area (Å²) in [7, 11) is 0. The monoisotopic (exact) mass is 278 g/mol. The maximum atomic E-state index is 11.9. The third kappa shape index (κ3) is 2.10. The molecule has 90 valence electrons. The maximum absolute atomic E-state index is 11.9. The lowest BCUT2D eigenvalue weighted by molar-refractivity contribution is 0.103. The van der Waals surface area contributed by atoms with Crippen LogP contribution in [0.2, 0.25) is 4.34 Å². The molecule has 3 aromatic rings. The molecule has 0 bridgehead atoms. The summed E-state index contributed by atoms with van der Waals surface area (Å²) >= 11 is 7.03. The van der Waals surface area contributed by atoms with E-state index in [1.54, 1.807) is 30.3 Å². The molecule has 1 N–H and O–H groups in total. The van der Waals surface area contributed by atoms with Crippen molar-refractivity contribution in [3.05, 3.63) is 45.9 Å². The van der Waals surface area contributed by atoms with Gasteiger partial charge in [0.05, 0.1) is 9.21 Å². The normalized spacial score (nSPS) is 10.7. The molecule has 0 fully saturated rings. The van der Waals surface area contributed by atoms with Gasteiger partial charge in [-0.2, -0.15) is 0 Å². The molecule has 3 rings (SSSR count). The lowest BCUT2D eigenvalue weighted by atomic mass is 10.3. The van der Waals surface area contributed by atoms with Crippen LogP contribution in [0.1, 0.15) is 9.67 Å². The molecule has 1 amide bonds. The Labute approximate surface area is 111 Å². The first kappa shape index (κ1) is 11.3. The van der Waals surface area contributed by atoms with Crippen LogP contribution in [0.3, 0.4) is 0 Å². The number of oxazole rings is 1. The first-order valence-electron chi connectivity index (χ1n) is 5.12. The number of halogens is 1. The fourth-order valence-corrected chi connectivity index (χ4v) is 2.50. The van der Waals surface area contributed by atoms with Crippen molar-refractivity contribution in [2.75, 3.05) is 5.32 Å². The van der Waals surface area contributed by atoms with Gasteiger partial charge in [0.25, 0.3) is 5.91 Å². The Balaban J connectivity index is 1.85. The predicted octanol–water partition coefficient (Wildman–Crippen LogP) is 3.80. The first-order valence-corrected chi connectivity index (χ1v) is 6.32. The highest BCUT2D eigenvalue weighted by atomic mass is 35.5. The van der Waals surface area contributed by atoms with Crippen molar-refractivity contribution in [2.45, 2.75) is 0 Å². The Hall–Kier alpha value is -1.85. The fourth-order valence-electron chi connectivity index (χ4n) is 1.56. The second-order valence-corrected chi connectivity index (χ2v) is 5.31. The van der Waals surface area contributed by atoms with E-state index in [0.717, 1.165) is 0 Å². The quantitative estimate of drug-likeness (QED) is 0.776. The number of rotatable bonds is 2. The Morgan fingerprint density at radius 3 is 3.00 bits per heavy atom. The number of nitrogens with zero attached hydrogens (tertiary/aromatic N) is 1. The van der Waals surface area contributed by atoms with Crippen LogP contribution in [0.4, 0.5) is 5.69 Å². The van der Waals surface area contributed by atoms with Gasteiger partial charge >= 0.3 is 0 Å². The van der Waals surface area contributed by atoms with Crippen LogP contribution in [0, 0.1) is 0 Å². The van der Waals surface area contributed by atoms with Gasteiger partial charge in [-0.15, -0.1) is 11.3 Å². The van der Waals surface area contributed by atoms with Crippen LogP contribution in [-0.4, -0.2) is 10.9 Å². The van der Waals surface area contributed by atoms with Crippen LogP contribution in [0.15, 0.2) is 41.1 Å². The summed E-state index contributed by atoms with van der Waals surface area (Å²) in [5.74, 6) is -0.185. The van der Waals surface area contributed by atoms with Crippen molar-refractivity contribution >= 4 is 45.6 Å². The molecule has 0 radical (unpaired) electrons. The summed E-state index contributed by atoms with van der Waals surface area (Å²) in [6.45, 7) is 0. The fraction of sp³-hybridized carbons (Fsp3) is 0. The molecule has 2 aromatic heterocycles. The highest BCUT2D eigenvalue weighted by Gasteiger charge is 2.09. The van der Waals surface area contributed by atoms with Gasteiger partial charge in [0, 0.05) is 5.69 Å². The summed E-state index contributed by atoms with van der Waals surface area (Å²) in [5.41, 5.74) is 2.06. The minimum atomic E-state index is -0.185. The third-order valence-corrected chi connectivity index (χ3v) is 3.62. The lowest BCUT2D eigenvalue weighted by Crippen LogP contribution is -2.09. The van der Waals surface area contributed by atoms with Crippen LogP contribution in [0.5, 0.6) is 0 Å². The number of thiophene rings is 1. The number of carbonyl (C=O) groups excluding carboxylic acids is 1. The number of anilines is 1. The lowest BCUT2D eigenvalue weighted by Gasteiger charge is -2.02. The topological polar surface area (TPSA) is 55.1 Å². The van der Waals surface area contributed by atoms with E-state index in [-0.39, 0.29) is 5.91 Å². The summed E-state index contributed by atoms with van der Waals surface area (Å²) in [6, 6.07) is 8.67. The largest absolute Gasteiger partial charge is 0.443 e. The Bertz CT molecular complexity index is 720. The van der Waals surface area contributed by atoms with Crippen molar-refractivity contribution in [3.63, 3.8) is 0 Å². The summed E-state index contributed by atoms with van der Waals surface area (Å²) in [5, 5.41) is 2.78. The molecular weight excluding hydrogens is 272 g/mol. The number of nitrogens with one attached hydrogen (secondary N) is 1. The van der Waals surface area contributed by atoms with Crippen molar-refractivity contribution in [1.82, 2.24) is 4.98 Å². The molecule has 6 heteroatoms. The van der Waals surface area contributed by atoms with E-state index in [1.165, 1.54) is 17.7 Å². The number of carbonyl (C=O) groups is 1.